The van der Waals surface area contributed by atoms with Gasteiger partial charge in [0.15, 0.2) is 0 Å². The lowest BCUT2D eigenvalue weighted by molar-refractivity contribution is 0.170. The van der Waals surface area contributed by atoms with E-state index in [0.29, 0.717) is 11.5 Å². The zero-order valence-corrected chi connectivity index (χ0v) is 19.3. The smallest absolute Gasteiger partial charge is 0.240 e. The average Bonchev–Trinajstić information content (AvgIpc) is 2.66. The van der Waals surface area contributed by atoms with Crippen LogP contribution in [0, 0.1) is 3.57 Å². The second-order valence-corrected chi connectivity index (χ2v) is 10.3. The number of benzene rings is 2. The molecule has 1 heterocycles. The molecule has 0 spiro atoms. The SMILES string of the molecule is O=S(=O)(NC1CCN(CCOc2cc(Br)ccc2I)CC1)c1ccccc1. The van der Waals surface area contributed by atoms with Gasteiger partial charge in [0, 0.05) is 17.1 Å². The van der Waals surface area contributed by atoms with E-state index in [1.165, 1.54) is 0 Å². The highest BCUT2D eigenvalue weighted by molar-refractivity contribution is 14.1. The molecule has 1 saturated heterocycles. The Bertz CT molecular complexity index is 857. The molecule has 2 aromatic rings. The van der Waals surface area contributed by atoms with Crippen LogP contribution in [0.15, 0.2) is 57.9 Å². The maximum atomic E-state index is 12.4. The number of likely N-dealkylation sites (tertiary alicyclic amines) is 1. The first-order valence-corrected chi connectivity index (χ1v) is 12.2. The van der Waals surface area contributed by atoms with Crippen molar-refractivity contribution < 1.29 is 13.2 Å². The molecule has 1 aliphatic heterocycles. The third kappa shape index (κ3) is 6.15. The van der Waals surface area contributed by atoms with E-state index >= 15 is 0 Å². The van der Waals surface area contributed by atoms with Gasteiger partial charge in [-0.3, -0.25) is 4.90 Å². The Morgan fingerprint density at radius 3 is 2.56 bits per heavy atom. The zero-order valence-electron chi connectivity index (χ0n) is 14.8. The molecule has 0 radical (unpaired) electrons. The van der Waals surface area contributed by atoms with Gasteiger partial charge in [-0.15, -0.1) is 0 Å². The Kier molecular flexibility index (Phi) is 7.55. The number of rotatable bonds is 7. The van der Waals surface area contributed by atoms with E-state index in [1.807, 2.05) is 24.3 Å². The number of nitrogens with one attached hydrogen (secondary N) is 1. The third-order valence-electron chi connectivity index (χ3n) is 4.52. The first-order valence-electron chi connectivity index (χ1n) is 8.81. The molecular formula is C19H22BrIN2O3S. The largest absolute Gasteiger partial charge is 0.491 e. The fraction of sp³-hybridized carbons (Fsp3) is 0.368. The van der Waals surface area contributed by atoms with Gasteiger partial charge in [0.1, 0.15) is 12.4 Å². The van der Waals surface area contributed by atoms with Gasteiger partial charge in [-0.2, -0.15) is 0 Å². The molecule has 0 unspecified atom stereocenters. The molecular weight excluding hydrogens is 543 g/mol. The Morgan fingerprint density at radius 1 is 1.15 bits per heavy atom. The van der Waals surface area contributed by atoms with Crippen LogP contribution in [-0.4, -0.2) is 45.6 Å². The van der Waals surface area contributed by atoms with Crippen LogP contribution in [0.2, 0.25) is 0 Å². The molecule has 0 aromatic heterocycles. The summed E-state index contributed by atoms with van der Waals surface area (Å²) < 4.78 is 35.7. The first kappa shape index (κ1) is 21.0. The number of halogens is 2. The second-order valence-electron chi connectivity index (χ2n) is 6.47. The van der Waals surface area contributed by atoms with Crippen LogP contribution >= 0.6 is 38.5 Å². The van der Waals surface area contributed by atoms with E-state index in [9.17, 15) is 8.42 Å². The topological polar surface area (TPSA) is 58.6 Å². The highest BCUT2D eigenvalue weighted by Gasteiger charge is 2.24. The third-order valence-corrected chi connectivity index (χ3v) is 7.44. The fourth-order valence-corrected chi connectivity index (χ4v) is 5.19. The van der Waals surface area contributed by atoms with E-state index < -0.39 is 10.0 Å². The summed E-state index contributed by atoms with van der Waals surface area (Å²) in [7, 11) is -3.44. The monoisotopic (exact) mass is 564 g/mol. The molecule has 1 N–H and O–H groups in total. The maximum absolute atomic E-state index is 12.4. The highest BCUT2D eigenvalue weighted by Crippen LogP contribution is 2.25. The number of sulfonamides is 1. The molecule has 1 aliphatic rings. The standard InChI is InChI=1S/C19H22BrIN2O3S/c20-15-6-7-18(21)19(14-15)26-13-12-23-10-8-16(9-11-23)22-27(24,25)17-4-2-1-3-5-17/h1-7,14,16,22H,8-13H2. The highest BCUT2D eigenvalue weighted by atomic mass is 127. The van der Waals surface area contributed by atoms with E-state index in [-0.39, 0.29) is 6.04 Å². The van der Waals surface area contributed by atoms with Gasteiger partial charge in [0.05, 0.1) is 8.47 Å². The van der Waals surface area contributed by atoms with Gasteiger partial charge in [0.25, 0.3) is 0 Å². The summed E-state index contributed by atoms with van der Waals surface area (Å²) in [6, 6.07) is 14.5. The van der Waals surface area contributed by atoms with E-state index in [4.69, 9.17) is 4.74 Å². The lowest BCUT2D eigenvalue weighted by Crippen LogP contribution is -2.45. The summed E-state index contributed by atoms with van der Waals surface area (Å²) in [6.07, 6.45) is 1.61. The predicted octanol–water partition coefficient (Wildman–Crippen LogP) is 3.88. The summed E-state index contributed by atoms with van der Waals surface area (Å²) in [5.41, 5.74) is 0. The van der Waals surface area contributed by atoms with Crippen LogP contribution in [-0.2, 0) is 10.0 Å². The van der Waals surface area contributed by atoms with Crippen molar-refractivity contribution in [3.05, 3.63) is 56.6 Å². The van der Waals surface area contributed by atoms with Crippen molar-refractivity contribution in [2.75, 3.05) is 26.2 Å². The van der Waals surface area contributed by atoms with Crippen molar-refractivity contribution in [2.45, 2.75) is 23.8 Å². The molecule has 8 heteroatoms. The van der Waals surface area contributed by atoms with Crippen molar-refractivity contribution in [1.29, 1.82) is 0 Å². The molecule has 1 fully saturated rings. The lowest BCUT2D eigenvalue weighted by Gasteiger charge is -2.32. The number of nitrogens with zero attached hydrogens (tertiary/aromatic N) is 1. The Morgan fingerprint density at radius 2 is 1.85 bits per heavy atom. The van der Waals surface area contributed by atoms with Crippen LogP contribution in [0.3, 0.4) is 0 Å². The minimum absolute atomic E-state index is 0.0154. The van der Waals surface area contributed by atoms with Gasteiger partial charge in [-0.25, -0.2) is 13.1 Å². The zero-order chi connectivity index (χ0) is 19.3. The van der Waals surface area contributed by atoms with Crippen LogP contribution < -0.4 is 9.46 Å². The molecule has 3 rings (SSSR count). The minimum atomic E-state index is -3.44. The molecule has 2 aromatic carbocycles. The predicted molar refractivity (Wildman–Crippen MR) is 119 cm³/mol. The van der Waals surface area contributed by atoms with Crippen LogP contribution in [0.25, 0.3) is 0 Å². The molecule has 146 valence electrons. The second kappa shape index (κ2) is 9.69. The summed E-state index contributed by atoms with van der Waals surface area (Å²) in [5.74, 6) is 0.885. The van der Waals surface area contributed by atoms with E-state index in [2.05, 4.69) is 48.1 Å². The van der Waals surface area contributed by atoms with Gasteiger partial charge < -0.3 is 4.74 Å². The van der Waals surface area contributed by atoms with E-state index in [0.717, 1.165) is 46.3 Å². The summed E-state index contributed by atoms with van der Waals surface area (Å²) in [4.78, 5) is 2.64. The molecule has 0 aliphatic carbocycles. The van der Waals surface area contributed by atoms with E-state index in [1.54, 1.807) is 24.3 Å². The Hall–Kier alpha value is -0.680. The van der Waals surface area contributed by atoms with Crippen molar-refractivity contribution in [2.24, 2.45) is 0 Å². The quantitative estimate of drug-likeness (QED) is 0.519. The van der Waals surface area contributed by atoms with Crippen molar-refractivity contribution in [1.82, 2.24) is 9.62 Å². The molecule has 0 bridgehead atoms. The van der Waals surface area contributed by atoms with Crippen molar-refractivity contribution in [3.63, 3.8) is 0 Å². The number of hydrogen-bond acceptors (Lipinski definition) is 4. The number of hydrogen-bond donors (Lipinski definition) is 1. The first-order chi connectivity index (χ1) is 12.9. The molecule has 0 amide bonds. The molecule has 27 heavy (non-hydrogen) atoms. The summed E-state index contributed by atoms with van der Waals surface area (Å²) >= 11 is 5.73. The normalized spacial score (nSPS) is 16.4. The number of ether oxygens (including phenoxy) is 1. The van der Waals surface area contributed by atoms with Crippen LogP contribution in [0.4, 0.5) is 0 Å². The lowest BCUT2D eigenvalue weighted by atomic mass is 10.1. The van der Waals surface area contributed by atoms with Gasteiger partial charge in [0.2, 0.25) is 10.0 Å². The number of piperidine rings is 1. The maximum Gasteiger partial charge on any atom is 0.240 e. The fourth-order valence-electron chi connectivity index (χ4n) is 3.03. The Labute approximate surface area is 182 Å². The van der Waals surface area contributed by atoms with Crippen LogP contribution in [0.5, 0.6) is 5.75 Å². The minimum Gasteiger partial charge on any atom is -0.491 e. The Balaban J connectivity index is 1.43. The van der Waals surface area contributed by atoms with Crippen LogP contribution in [0.1, 0.15) is 12.8 Å². The average molecular weight is 565 g/mol. The van der Waals surface area contributed by atoms with Crippen molar-refractivity contribution >= 4 is 48.5 Å². The van der Waals surface area contributed by atoms with Crippen molar-refractivity contribution in [3.8, 4) is 5.75 Å². The molecule has 5 nitrogen and oxygen atoms in total. The molecule has 0 atom stereocenters. The van der Waals surface area contributed by atoms with Gasteiger partial charge in [-0.1, -0.05) is 34.1 Å². The molecule has 0 saturated carbocycles. The van der Waals surface area contributed by atoms with Gasteiger partial charge in [-0.05, 0) is 78.9 Å². The summed E-state index contributed by atoms with van der Waals surface area (Å²) in [6.45, 7) is 3.18. The van der Waals surface area contributed by atoms with Gasteiger partial charge >= 0.3 is 0 Å². The summed E-state index contributed by atoms with van der Waals surface area (Å²) in [5, 5.41) is 0.